The number of aryl methyl sites for hydroxylation is 1. The van der Waals surface area contributed by atoms with Crippen molar-refractivity contribution in [2.24, 2.45) is 7.05 Å². The van der Waals surface area contributed by atoms with Gasteiger partial charge < -0.3 is 9.67 Å². The maximum absolute atomic E-state index is 9.88. The van der Waals surface area contributed by atoms with E-state index in [2.05, 4.69) is 42.1 Å². The standard InChI is InChI=1S/C14H17NO/c1-10(16)14(6-7-14)12-4-3-11-5-8-15(2)13(11)9-12/h3-5,8-10,16H,6-7H2,1-2H3. The first-order valence-corrected chi connectivity index (χ1v) is 5.87. The topological polar surface area (TPSA) is 25.2 Å². The molecule has 1 fully saturated rings. The Morgan fingerprint density at radius 3 is 2.69 bits per heavy atom. The van der Waals surface area contributed by atoms with Gasteiger partial charge in [-0.15, -0.1) is 0 Å². The van der Waals surface area contributed by atoms with Crippen molar-refractivity contribution in [2.45, 2.75) is 31.3 Å². The Labute approximate surface area is 95.5 Å². The highest BCUT2D eigenvalue weighted by molar-refractivity contribution is 5.81. The highest BCUT2D eigenvalue weighted by Crippen LogP contribution is 2.51. The van der Waals surface area contributed by atoms with Gasteiger partial charge in [-0.25, -0.2) is 0 Å². The molecule has 1 aliphatic rings. The molecule has 3 rings (SSSR count). The Balaban J connectivity index is 2.15. The van der Waals surface area contributed by atoms with E-state index < -0.39 is 0 Å². The van der Waals surface area contributed by atoms with Crippen LogP contribution in [0, 0.1) is 0 Å². The van der Waals surface area contributed by atoms with E-state index in [9.17, 15) is 5.11 Å². The van der Waals surface area contributed by atoms with Crippen molar-refractivity contribution in [2.75, 3.05) is 0 Å². The Morgan fingerprint density at radius 1 is 1.31 bits per heavy atom. The lowest BCUT2D eigenvalue weighted by Gasteiger charge is -2.19. The van der Waals surface area contributed by atoms with Gasteiger partial charge in [0.2, 0.25) is 0 Å². The third-order valence-corrected chi connectivity index (χ3v) is 4.05. The van der Waals surface area contributed by atoms with Gasteiger partial charge in [-0.1, -0.05) is 12.1 Å². The van der Waals surface area contributed by atoms with Crippen LogP contribution in [0.25, 0.3) is 10.9 Å². The number of rotatable bonds is 2. The number of nitrogens with zero attached hydrogens (tertiary/aromatic N) is 1. The summed E-state index contributed by atoms with van der Waals surface area (Å²) in [4.78, 5) is 0. The van der Waals surface area contributed by atoms with Gasteiger partial charge in [-0.2, -0.15) is 0 Å². The third kappa shape index (κ3) is 1.23. The zero-order chi connectivity index (χ0) is 11.3. The molecule has 0 aliphatic heterocycles. The molecule has 2 aromatic rings. The normalized spacial score (nSPS) is 19.9. The van der Waals surface area contributed by atoms with Gasteiger partial charge in [0.05, 0.1) is 6.10 Å². The lowest BCUT2D eigenvalue weighted by Crippen LogP contribution is -2.22. The number of hydrogen-bond acceptors (Lipinski definition) is 1. The minimum Gasteiger partial charge on any atom is -0.392 e. The average molecular weight is 215 g/mol. The Morgan fingerprint density at radius 2 is 2.06 bits per heavy atom. The van der Waals surface area contributed by atoms with Crippen molar-refractivity contribution >= 4 is 10.9 Å². The van der Waals surface area contributed by atoms with Crippen molar-refractivity contribution in [3.8, 4) is 0 Å². The number of aliphatic hydroxyl groups is 1. The lowest BCUT2D eigenvalue weighted by atomic mass is 9.90. The highest BCUT2D eigenvalue weighted by Gasteiger charge is 2.48. The van der Waals surface area contributed by atoms with Crippen LogP contribution in [0.2, 0.25) is 0 Å². The molecule has 0 bridgehead atoms. The summed E-state index contributed by atoms with van der Waals surface area (Å²) >= 11 is 0. The second-order valence-corrected chi connectivity index (χ2v) is 5.03. The number of hydrogen-bond donors (Lipinski definition) is 1. The fraction of sp³-hybridized carbons (Fsp3) is 0.429. The van der Waals surface area contributed by atoms with E-state index in [0.717, 1.165) is 12.8 Å². The second-order valence-electron chi connectivity index (χ2n) is 5.03. The van der Waals surface area contributed by atoms with Crippen LogP contribution in [0.5, 0.6) is 0 Å². The molecule has 2 heteroatoms. The molecule has 1 saturated carbocycles. The maximum Gasteiger partial charge on any atom is 0.0608 e. The van der Waals surface area contributed by atoms with Gasteiger partial charge in [0.1, 0.15) is 0 Å². The number of fused-ring (bicyclic) bond motifs is 1. The summed E-state index contributed by atoms with van der Waals surface area (Å²) in [6.45, 7) is 1.90. The minimum atomic E-state index is -0.245. The smallest absolute Gasteiger partial charge is 0.0608 e. The molecule has 1 aliphatic carbocycles. The summed E-state index contributed by atoms with van der Waals surface area (Å²) in [6.07, 6.45) is 4.06. The molecule has 0 saturated heterocycles. The zero-order valence-electron chi connectivity index (χ0n) is 9.77. The average Bonchev–Trinajstić information content (AvgIpc) is 3.01. The van der Waals surface area contributed by atoms with Gasteiger partial charge >= 0.3 is 0 Å². The van der Waals surface area contributed by atoms with Crippen molar-refractivity contribution in [3.63, 3.8) is 0 Å². The predicted octanol–water partition coefficient (Wildman–Crippen LogP) is 2.59. The molecule has 1 aromatic heterocycles. The Bertz CT molecular complexity index is 535. The SMILES string of the molecule is CC(O)C1(c2ccc3ccn(C)c3c2)CC1. The first kappa shape index (κ1) is 9.91. The lowest BCUT2D eigenvalue weighted by molar-refractivity contribution is 0.151. The van der Waals surface area contributed by atoms with Crippen LogP contribution in [0.15, 0.2) is 30.5 Å². The van der Waals surface area contributed by atoms with Crippen molar-refractivity contribution in [3.05, 3.63) is 36.0 Å². The molecular weight excluding hydrogens is 198 g/mol. The van der Waals surface area contributed by atoms with Crippen LogP contribution in [0.1, 0.15) is 25.3 Å². The van der Waals surface area contributed by atoms with Crippen LogP contribution in [0.4, 0.5) is 0 Å². The van der Waals surface area contributed by atoms with E-state index in [1.54, 1.807) is 0 Å². The maximum atomic E-state index is 9.88. The van der Waals surface area contributed by atoms with Crippen molar-refractivity contribution in [1.29, 1.82) is 0 Å². The number of aromatic nitrogens is 1. The monoisotopic (exact) mass is 215 g/mol. The van der Waals surface area contributed by atoms with Gasteiger partial charge in [0, 0.05) is 24.2 Å². The summed E-state index contributed by atoms with van der Waals surface area (Å²) in [5, 5.41) is 11.2. The Kier molecular flexibility index (Phi) is 1.93. The van der Waals surface area contributed by atoms with Crippen molar-refractivity contribution in [1.82, 2.24) is 4.57 Å². The fourth-order valence-electron chi connectivity index (χ4n) is 2.65. The largest absolute Gasteiger partial charge is 0.392 e. The molecule has 1 aromatic carbocycles. The van der Waals surface area contributed by atoms with E-state index >= 15 is 0 Å². The fourth-order valence-corrected chi connectivity index (χ4v) is 2.65. The first-order valence-electron chi connectivity index (χ1n) is 5.87. The molecule has 2 nitrogen and oxygen atoms in total. The molecule has 1 N–H and O–H groups in total. The second kappa shape index (κ2) is 3.11. The molecule has 1 heterocycles. The van der Waals surface area contributed by atoms with Gasteiger partial charge in [0.25, 0.3) is 0 Å². The summed E-state index contributed by atoms with van der Waals surface area (Å²) in [7, 11) is 2.06. The summed E-state index contributed by atoms with van der Waals surface area (Å²) in [5.74, 6) is 0. The predicted molar refractivity (Wildman–Crippen MR) is 65.5 cm³/mol. The Hall–Kier alpha value is -1.28. The molecule has 0 spiro atoms. The molecular formula is C14H17NO. The van der Waals surface area contributed by atoms with E-state index in [1.807, 2.05) is 6.92 Å². The van der Waals surface area contributed by atoms with Crippen LogP contribution in [-0.2, 0) is 12.5 Å². The molecule has 1 unspecified atom stereocenters. The molecule has 0 amide bonds. The third-order valence-electron chi connectivity index (χ3n) is 4.05. The molecule has 16 heavy (non-hydrogen) atoms. The highest BCUT2D eigenvalue weighted by atomic mass is 16.3. The van der Waals surface area contributed by atoms with Gasteiger partial charge in [0.15, 0.2) is 0 Å². The van der Waals surface area contributed by atoms with E-state index in [0.29, 0.717) is 0 Å². The van der Waals surface area contributed by atoms with Crippen LogP contribution >= 0.6 is 0 Å². The molecule has 84 valence electrons. The minimum absolute atomic E-state index is 0.0401. The van der Waals surface area contributed by atoms with Crippen LogP contribution in [-0.4, -0.2) is 15.8 Å². The van der Waals surface area contributed by atoms with E-state index in [-0.39, 0.29) is 11.5 Å². The van der Waals surface area contributed by atoms with Crippen LogP contribution < -0.4 is 0 Å². The van der Waals surface area contributed by atoms with E-state index in [1.165, 1.54) is 16.5 Å². The summed E-state index contributed by atoms with van der Waals surface area (Å²) in [5.41, 5.74) is 2.58. The number of aliphatic hydroxyl groups excluding tert-OH is 1. The molecule has 1 atom stereocenters. The van der Waals surface area contributed by atoms with E-state index in [4.69, 9.17) is 0 Å². The first-order chi connectivity index (χ1) is 7.63. The molecule has 0 radical (unpaired) electrons. The summed E-state index contributed by atoms with van der Waals surface area (Å²) in [6, 6.07) is 8.69. The zero-order valence-corrected chi connectivity index (χ0v) is 9.77. The van der Waals surface area contributed by atoms with Crippen molar-refractivity contribution < 1.29 is 5.11 Å². The number of benzene rings is 1. The quantitative estimate of drug-likeness (QED) is 0.818. The summed E-state index contributed by atoms with van der Waals surface area (Å²) < 4.78 is 2.14. The van der Waals surface area contributed by atoms with Crippen LogP contribution in [0.3, 0.4) is 0 Å². The van der Waals surface area contributed by atoms with Gasteiger partial charge in [-0.05, 0) is 42.8 Å². The van der Waals surface area contributed by atoms with Gasteiger partial charge in [-0.3, -0.25) is 0 Å².